The second-order valence-corrected chi connectivity index (χ2v) is 9.65. The highest BCUT2D eigenvalue weighted by atomic mass is 19.1. The molecule has 0 saturated carbocycles. The quantitative estimate of drug-likeness (QED) is 0.247. The van der Waals surface area contributed by atoms with Crippen LogP contribution in [-0.4, -0.2) is 35.7 Å². The summed E-state index contributed by atoms with van der Waals surface area (Å²) in [6, 6.07) is 16.7. The van der Waals surface area contributed by atoms with Crippen LogP contribution in [0, 0.1) is 17.1 Å². The van der Waals surface area contributed by atoms with Gasteiger partial charge in [-0.25, -0.2) is 13.9 Å². The average molecular weight is 553 g/mol. The van der Waals surface area contributed by atoms with Crippen molar-refractivity contribution in [3.8, 4) is 34.5 Å². The Labute approximate surface area is 234 Å². The Kier molecular flexibility index (Phi) is 7.20. The number of carbonyl (C=O) groups is 1. The number of carbonyl (C=O) groups excluding carboxylic acids is 1. The zero-order chi connectivity index (χ0) is 29.1. The number of pyridine rings is 1. The fraction of sp³-hybridized carbons (Fsp3) is 0.138. The van der Waals surface area contributed by atoms with Crippen LogP contribution in [0.1, 0.15) is 25.1 Å². The molecule has 12 heteroatoms. The Morgan fingerprint density at radius 1 is 1.10 bits per heavy atom. The largest absolute Gasteiger partial charge is 0.457 e. The number of anilines is 2. The Hall–Kier alpha value is -5.54. The topological polar surface area (TPSA) is 143 Å². The summed E-state index contributed by atoms with van der Waals surface area (Å²) in [7, 11) is 1.80. The van der Waals surface area contributed by atoms with Gasteiger partial charge in [0.1, 0.15) is 28.7 Å². The lowest BCUT2D eigenvalue weighted by Crippen LogP contribution is -2.22. The van der Waals surface area contributed by atoms with E-state index in [0.717, 1.165) is 5.56 Å². The number of aryl methyl sites for hydroxylation is 1. The van der Waals surface area contributed by atoms with Crippen molar-refractivity contribution in [2.24, 2.45) is 7.05 Å². The van der Waals surface area contributed by atoms with Crippen LogP contribution < -0.4 is 15.4 Å². The van der Waals surface area contributed by atoms with Gasteiger partial charge in [0.15, 0.2) is 0 Å². The number of nitrogens with one attached hydrogen (secondary N) is 2. The molecule has 206 valence electrons. The van der Waals surface area contributed by atoms with Crippen LogP contribution in [0.5, 0.6) is 11.5 Å². The zero-order valence-electron chi connectivity index (χ0n) is 22.3. The number of nitrogens with zero attached hydrogens (tertiary/aromatic N) is 6. The smallest absolute Gasteiger partial charge is 0.324 e. The van der Waals surface area contributed by atoms with Gasteiger partial charge in [-0.2, -0.15) is 15.5 Å². The first-order valence-corrected chi connectivity index (χ1v) is 12.4. The molecule has 3 aromatic heterocycles. The molecule has 0 radical (unpaired) electrons. The predicted octanol–water partition coefficient (Wildman–Crippen LogP) is 5.34. The molecule has 0 fully saturated rings. The minimum Gasteiger partial charge on any atom is -0.457 e. The number of nitriles is 1. The van der Waals surface area contributed by atoms with E-state index in [-0.39, 0.29) is 22.9 Å². The van der Waals surface area contributed by atoms with Crippen molar-refractivity contribution < 1.29 is 19.0 Å². The predicted molar refractivity (Wildman–Crippen MR) is 149 cm³/mol. The molecular weight excluding hydrogens is 527 g/mol. The summed E-state index contributed by atoms with van der Waals surface area (Å²) in [5.41, 5.74) is 1.17. The fourth-order valence-electron chi connectivity index (χ4n) is 3.93. The fourth-order valence-corrected chi connectivity index (χ4v) is 3.93. The molecule has 0 aliphatic rings. The van der Waals surface area contributed by atoms with Crippen LogP contribution in [0.15, 0.2) is 79.3 Å². The summed E-state index contributed by atoms with van der Waals surface area (Å²) in [5.74, 6) is 0.268. The van der Waals surface area contributed by atoms with Crippen LogP contribution in [-0.2, 0) is 12.6 Å². The molecule has 3 N–H and O–H groups in total. The molecular formula is C29H25FN8O3. The Morgan fingerprint density at radius 3 is 2.63 bits per heavy atom. The molecule has 5 aromatic rings. The number of ether oxygens (including phenoxy) is 1. The highest BCUT2D eigenvalue weighted by molar-refractivity contribution is 5.99. The molecule has 0 saturated heterocycles. The zero-order valence-corrected chi connectivity index (χ0v) is 22.3. The van der Waals surface area contributed by atoms with Crippen molar-refractivity contribution in [2.45, 2.75) is 19.4 Å². The van der Waals surface area contributed by atoms with E-state index in [1.165, 1.54) is 28.9 Å². The monoisotopic (exact) mass is 552 g/mol. The van der Waals surface area contributed by atoms with Crippen LogP contribution in [0.25, 0.3) is 16.9 Å². The SMILES string of the molecule is Cn1cc(-c2cc(Oc3ccc(F)c(NC(=O)Nc4cc(C(C)(C)O)nn4-c4cccc(C#N)c4)c3)ccn2)cn1. The summed E-state index contributed by atoms with van der Waals surface area (Å²) in [5, 5.41) is 33.5. The van der Waals surface area contributed by atoms with Crippen LogP contribution in [0.4, 0.5) is 20.7 Å². The van der Waals surface area contributed by atoms with E-state index < -0.39 is 17.4 Å². The van der Waals surface area contributed by atoms with Crippen molar-refractivity contribution in [2.75, 3.05) is 10.6 Å². The molecule has 0 spiro atoms. The third-order valence-corrected chi connectivity index (χ3v) is 5.95. The minimum atomic E-state index is -1.31. The third kappa shape index (κ3) is 6.21. The summed E-state index contributed by atoms with van der Waals surface area (Å²) in [6.45, 7) is 3.11. The number of amides is 2. The molecule has 11 nitrogen and oxygen atoms in total. The van der Waals surface area contributed by atoms with E-state index in [9.17, 15) is 19.6 Å². The van der Waals surface area contributed by atoms with Gasteiger partial charge in [0.2, 0.25) is 0 Å². The van der Waals surface area contributed by atoms with Gasteiger partial charge in [0.05, 0.1) is 40.6 Å². The van der Waals surface area contributed by atoms with Gasteiger partial charge >= 0.3 is 6.03 Å². The molecule has 0 atom stereocenters. The normalized spacial score (nSPS) is 11.1. The maximum absolute atomic E-state index is 14.7. The third-order valence-electron chi connectivity index (χ3n) is 5.95. The number of hydrogen-bond acceptors (Lipinski definition) is 7. The molecule has 2 aromatic carbocycles. The molecule has 0 bridgehead atoms. The molecule has 3 heterocycles. The highest BCUT2D eigenvalue weighted by Crippen LogP contribution is 2.29. The second kappa shape index (κ2) is 10.9. The number of urea groups is 1. The lowest BCUT2D eigenvalue weighted by molar-refractivity contribution is 0.0734. The Morgan fingerprint density at radius 2 is 1.90 bits per heavy atom. The van der Waals surface area contributed by atoms with Crippen LogP contribution >= 0.6 is 0 Å². The van der Waals surface area contributed by atoms with Crippen molar-refractivity contribution >= 4 is 17.5 Å². The summed E-state index contributed by atoms with van der Waals surface area (Å²) >= 11 is 0. The van der Waals surface area contributed by atoms with E-state index in [2.05, 4.69) is 31.9 Å². The molecule has 41 heavy (non-hydrogen) atoms. The van der Waals surface area contributed by atoms with Gasteiger partial charge in [-0.1, -0.05) is 6.07 Å². The molecule has 0 aliphatic carbocycles. The van der Waals surface area contributed by atoms with Crippen molar-refractivity contribution in [1.29, 1.82) is 5.26 Å². The van der Waals surface area contributed by atoms with Gasteiger partial charge in [-0.15, -0.1) is 0 Å². The van der Waals surface area contributed by atoms with E-state index in [0.29, 0.717) is 22.7 Å². The lowest BCUT2D eigenvalue weighted by atomic mass is 10.1. The maximum atomic E-state index is 14.7. The average Bonchev–Trinajstić information content (AvgIpc) is 3.57. The van der Waals surface area contributed by atoms with Crippen LogP contribution in [0.3, 0.4) is 0 Å². The van der Waals surface area contributed by atoms with Gasteiger partial charge in [-0.05, 0) is 50.2 Å². The van der Waals surface area contributed by atoms with Gasteiger partial charge in [0.25, 0.3) is 0 Å². The van der Waals surface area contributed by atoms with Crippen molar-refractivity contribution in [1.82, 2.24) is 24.5 Å². The number of aromatic nitrogens is 5. The molecule has 0 unspecified atom stereocenters. The standard InChI is InChI=1S/C29H25FN8O3/c1-29(2,40)26-14-27(38(36-26)20-6-4-5-18(11-20)15-31)35-28(39)34-25-13-21(7-8-23(25)30)41-22-9-10-32-24(12-22)19-16-33-37(3)17-19/h4-14,16-17,40H,1-3H3,(H2,34,35,39). The molecule has 5 rings (SSSR count). The van der Waals surface area contributed by atoms with E-state index >= 15 is 0 Å². The first-order valence-electron chi connectivity index (χ1n) is 12.4. The van der Waals surface area contributed by atoms with E-state index in [4.69, 9.17) is 4.74 Å². The number of benzene rings is 2. The van der Waals surface area contributed by atoms with E-state index in [1.54, 1.807) is 74.4 Å². The Balaban J connectivity index is 1.36. The van der Waals surface area contributed by atoms with Crippen molar-refractivity contribution in [3.63, 3.8) is 0 Å². The summed E-state index contributed by atoms with van der Waals surface area (Å²) < 4.78 is 23.6. The number of rotatable bonds is 7. The second-order valence-electron chi connectivity index (χ2n) is 9.65. The van der Waals surface area contributed by atoms with Gasteiger partial charge in [0, 0.05) is 43.2 Å². The first kappa shape index (κ1) is 27.0. The maximum Gasteiger partial charge on any atom is 0.324 e. The first-order chi connectivity index (χ1) is 19.6. The summed E-state index contributed by atoms with van der Waals surface area (Å²) in [6.07, 6.45) is 5.09. The highest BCUT2D eigenvalue weighted by Gasteiger charge is 2.23. The lowest BCUT2D eigenvalue weighted by Gasteiger charge is -2.13. The van der Waals surface area contributed by atoms with Crippen molar-refractivity contribution in [3.05, 3.63) is 96.3 Å². The summed E-state index contributed by atoms with van der Waals surface area (Å²) in [4.78, 5) is 17.3. The van der Waals surface area contributed by atoms with Crippen LogP contribution in [0.2, 0.25) is 0 Å². The molecule has 2 amide bonds. The number of hydrogen-bond donors (Lipinski definition) is 3. The van der Waals surface area contributed by atoms with E-state index in [1.807, 2.05) is 6.20 Å². The number of halogens is 1. The minimum absolute atomic E-state index is 0.123. The molecule has 0 aliphatic heterocycles. The van der Waals surface area contributed by atoms with Gasteiger partial charge < -0.3 is 15.2 Å². The van der Waals surface area contributed by atoms with Gasteiger partial charge in [-0.3, -0.25) is 15.0 Å². The Bertz CT molecular complexity index is 1780. The number of aliphatic hydroxyl groups is 1.